The number of rotatable bonds is 6. The number of sulfonamides is 1. The predicted octanol–water partition coefficient (Wildman–Crippen LogP) is 2.33. The van der Waals surface area contributed by atoms with Gasteiger partial charge in [0.25, 0.3) is 10.0 Å². The lowest BCUT2D eigenvalue weighted by Gasteiger charge is -2.08. The molecule has 2 N–H and O–H groups in total. The molecule has 0 radical (unpaired) electrons. The lowest BCUT2D eigenvalue weighted by atomic mass is 10.3. The molecular weight excluding hydrogens is 400 g/mol. The van der Waals surface area contributed by atoms with E-state index in [-0.39, 0.29) is 22.5 Å². The third kappa shape index (κ3) is 3.85. The smallest absolute Gasteiger partial charge is 0.263 e. The molecule has 0 saturated heterocycles. The third-order valence-electron chi connectivity index (χ3n) is 3.82. The Labute approximate surface area is 164 Å². The number of anilines is 2. The molecule has 9 nitrogen and oxygen atoms in total. The number of thiazole rings is 1. The SMILES string of the molecule is O=C(Cn1nnc2ccccc21)Nc1ccc(S(=O)(=O)Nc2nccs2)cc1. The summed E-state index contributed by atoms with van der Waals surface area (Å²) in [5.74, 6) is -0.299. The molecule has 0 saturated carbocycles. The number of para-hydroxylation sites is 1. The first kappa shape index (κ1) is 18.1. The minimum atomic E-state index is -3.73. The van der Waals surface area contributed by atoms with E-state index < -0.39 is 10.0 Å². The normalized spacial score (nSPS) is 11.4. The van der Waals surface area contributed by atoms with Crippen LogP contribution in [-0.4, -0.2) is 34.3 Å². The minimum Gasteiger partial charge on any atom is -0.324 e. The van der Waals surface area contributed by atoms with Crippen LogP contribution in [0, 0.1) is 0 Å². The zero-order valence-corrected chi connectivity index (χ0v) is 15.9. The Hall–Kier alpha value is -3.31. The minimum absolute atomic E-state index is 0.00777. The number of fused-ring (bicyclic) bond motifs is 1. The van der Waals surface area contributed by atoms with E-state index in [1.54, 1.807) is 5.38 Å². The summed E-state index contributed by atoms with van der Waals surface area (Å²) < 4.78 is 28.5. The van der Waals surface area contributed by atoms with Gasteiger partial charge in [-0.15, -0.1) is 16.4 Å². The fraction of sp³-hybridized carbons (Fsp3) is 0.0588. The molecule has 2 aromatic carbocycles. The van der Waals surface area contributed by atoms with Crippen molar-refractivity contribution in [2.24, 2.45) is 0 Å². The van der Waals surface area contributed by atoms with Crippen LogP contribution >= 0.6 is 11.3 Å². The maximum Gasteiger partial charge on any atom is 0.263 e. The maximum absolute atomic E-state index is 12.3. The molecule has 0 unspecified atom stereocenters. The number of carbonyl (C=O) groups excluding carboxylic acids is 1. The van der Waals surface area contributed by atoms with E-state index in [1.807, 2.05) is 24.3 Å². The van der Waals surface area contributed by atoms with Gasteiger partial charge in [-0.25, -0.2) is 18.1 Å². The van der Waals surface area contributed by atoms with Crippen LogP contribution in [0.25, 0.3) is 11.0 Å². The average molecular weight is 414 g/mol. The Balaban J connectivity index is 1.43. The summed E-state index contributed by atoms with van der Waals surface area (Å²) in [5.41, 5.74) is 1.94. The highest BCUT2D eigenvalue weighted by Crippen LogP contribution is 2.19. The number of aromatic nitrogens is 4. The fourth-order valence-electron chi connectivity index (χ4n) is 2.54. The number of hydrogen-bond donors (Lipinski definition) is 2. The van der Waals surface area contributed by atoms with Crippen LogP contribution in [0.1, 0.15) is 0 Å². The molecule has 142 valence electrons. The van der Waals surface area contributed by atoms with Gasteiger partial charge in [0.2, 0.25) is 5.91 Å². The van der Waals surface area contributed by atoms with Crippen molar-refractivity contribution in [3.63, 3.8) is 0 Å². The molecule has 0 aliphatic heterocycles. The van der Waals surface area contributed by atoms with Crippen molar-refractivity contribution >= 4 is 49.1 Å². The van der Waals surface area contributed by atoms with Gasteiger partial charge >= 0.3 is 0 Å². The molecule has 0 bridgehead atoms. The van der Waals surface area contributed by atoms with Crippen LogP contribution in [0.15, 0.2) is 65.0 Å². The van der Waals surface area contributed by atoms with E-state index in [2.05, 4.69) is 25.3 Å². The van der Waals surface area contributed by atoms with E-state index in [4.69, 9.17) is 0 Å². The van der Waals surface area contributed by atoms with Crippen molar-refractivity contribution in [1.29, 1.82) is 0 Å². The Bertz CT molecular complexity index is 1220. The van der Waals surface area contributed by atoms with Crippen molar-refractivity contribution < 1.29 is 13.2 Å². The standard InChI is InChI=1S/C17H14N6O3S2/c24-16(11-23-15-4-2-1-3-14(15)20-22-23)19-12-5-7-13(8-6-12)28(25,26)21-17-18-9-10-27-17/h1-10H,11H2,(H,18,21)(H,19,24). The van der Waals surface area contributed by atoms with Crippen molar-refractivity contribution in [3.05, 3.63) is 60.1 Å². The zero-order valence-electron chi connectivity index (χ0n) is 14.3. The molecule has 0 fully saturated rings. The molecule has 0 aliphatic carbocycles. The van der Waals surface area contributed by atoms with E-state index >= 15 is 0 Å². The Morgan fingerprint density at radius 1 is 1.11 bits per heavy atom. The predicted molar refractivity (Wildman–Crippen MR) is 106 cm³/mol. The molecule has 4 rings (SSSR count). The van der Waals surface area contributed by atoms with Gasteiger partial charge in [-0.05, 0) is 36.4 Å². The second kappa shape index (κ2) is 7.37. The number of amides is 1. The molecular formula is C17H14N6O3S2. The zero-order chi connectivity index (χ0) is 19.6. The maximum atomic E-state index is 12.3. The molecule has 0 aliphatic rings. The highest BCUT2D eigenvalue weighted by atomic mass is 32.2. The third-order valence-corrected chi connectivity index (χ3v) is 5.99. The van der Waals surface area contributed by atoms with Crippen molar-refractivity contribution in [2.45, 2.75) is 11.4 Å². The first-order valence-corrected chi connectivity index (χ1v) is 10.5. The second-order valence-electron chi connectivity index (χ2n) is 5.75. The highest BCUT2D eigenvalue weighted by Gasteiger charge is 2.16. The van der Waals surface area contributed by atoms with Gasteiger partial charge in [0.15, 0.2) is 5.13 Å². The first-order chi connectivity index (χ1) is 13.5. The Morgan fingerprint density at radius 2 is 1.89 bits per heavy atom. The van der Waals surface area contributed by atoms with E-state index in [9.17, 15) is 13.2 Å². The van der Waals surface area contributed by atoms with Gasteiger partial charge in [0.05, 0.1) is 10.4 Å². The van der Waals surface area contributed by atoms with Gasteiger partial charge in [0.1, 0.15) is 12.1 Å². The van der Waals surface area contributed by atoms with Gasteiger partial charge in [0, 0.05) is 17.3 Å². The molecule has 0 atom stereocenters. The van der Waals surface area contributed by atoms with Gasteiger partial charge in [-0.2, -0.15) is 0 Å². The Kier molecular flexibility index (Phi) is 4.75. The van der Waals surface area contributed by atoms with Crippen LogP contribution in [-0.2, 0) is 21.4 Å². The largest absolute Gasteiger partial charge is 0.324 e. The average Bonchev–Trinajstić information content (AvgIpc) is 3.32. The van der Waals surface area contributed by atoms with Gasteiger partial charge < -0.3 is 5.32 Å². The molecule has 1 amide bonds. The van der Waals surface area contributed by atoms with Crippen molar-refractivity contribution in [2.75, 3.05) is 10.0 Å². The topological polar surface area (TPSA) is 119 Å². The number of carbonyl (C=O) groups is 1. The van der Waals surface area contributed by atoms with Crippen LogP contribution in [0.3, 0.4) is 0 Å². The molecule has 4 aromatic rings. The van der Waals surface area contributed by atoms with Crippen LogP contribution in [0.2, 0.25) is 0 Å². The summed E-state index contributed by atoms with van der Waals surface area (Å²) in [7, 11) is -3.73. The number of benzene rings is 2. The Morgan fingerprint density at radius 3 is 2.64 bits per heavy atom. The molecule has 2 aromatic heterocycles. The second-order valence-corrected chi connectivity index (χ2v) is 8.33. The molecule has 0 spiro atoms. The van der Waals surface area contributed by atoms with E-state index in [0.29, 0.717) is 11.2 Å². The summed E-state index contributed by atoms with van der Waals surface area (Å²) >= 11 is 1.19. The molecule has 11 heteroatoms. The van der Waals surface area contributed by atoms with Crippen molar-refractivity contribution in [3.8, 4) is 0 Å². The summed E-state index contributed by atoms with van der Waals surface area (Å²) in [4.78, 5) is 16.3. The van der Waals surface area contributed by atoms with Crippen LogP contribution in [0.5, 0.6) is 0 Å². The summed E-state index contributed by atoms with van der Waals surface area (Å²) in [6.07, 6.45) is 1.51. The summed E-state index contributed by atoms with van der Waals surface area (Å²) in [6.45, 7) is -0.00777. The fourth-order valence-corrected chi connectivity index (χ4v) is 4.32. The van der Waals surface area contributed by atoms with Crippen LogP contribution in [0.4, 0.5) is 10.8 Å². The lowest BCUT2D eigenvalue weighted by molar-refractivity contribution is -0.116. The molecule has 2 heterocycles. The lowest BCUT2D eigenvalue weighted by Crippen LogP contribution is -2.19. The van der Waals surface area contributed by atoms with Gasteiger partial charge in [-0.1, -0.05) is 17.3 Å². The van der Waals surface area contributed by atoms with Gasteiger partial charge in [-0.3, -0.25) is 9.52 Å². The summed E-state index contributed by atoms with van der Waals surface area (Å²) in [6, 6.07) is 13.2. The summed E-state index contributed by atoms with van der Waals surface area (Å²) in [5, 5.41) is 12.7. The quantitative estimate of drug-likeness (QED) is 0.500. The number of nitrogens with zero attached hydrogens (tertiary/aromatic N) is 4. The molecule has 28 heavy (non-hydrogen) atoms. The monoisotopic (exact) mass is 414 g/mol. The highest BCUT2D eigenvalue weighted by molar-refractivity contribution is 7.93. The number of hydrogen-bond acceptors (Lipinski definition) is 7. The van der Waals surface area contributed by atoms with Crippen molar-refractivity contribution in [1.82, 2.24) is 20.0 Å². The van der Waals surface area contributed by atoms with E-state index in [1.165, 1.54) is 46.5 Å². The first-order valence-electron chi connectivity index (χ1n) is 8.12. The van der Waals surface area contributed by atoms with Crippen LogP contribution < -0.4 is 10.0 Å². The van der Waals surface area contributed by atoms with E-state index in [0.717, 1.165) is 5.52 Å². The number of nitrogens with one attached hydrogen (secondary N) is 2.